The largest absolute Gasteiger partial charge is 0.550 e. The molecular weight excluding hydrogens is 476 g/mol. The Kier molecular flexibility index (Phi) is 21.8. The van der Waals surface area contributed by atoms with E-state index < -0.39 is 11.9 Å². The van der Waals surface area contributed by atoms with Gasteiger partial charge in [-0.1, -0.05) is 52.4 Å². The Hall–Kier alpha value is -1.14. The highest BCUT2D eigenvalue weighted by Crippen LogP contribution is 2.19. The number of quaternary nitrogens is 2. The fraction of sp³-hybridized carbons (Fsp3) is 0.938. The Morgan fingerprint density at radius 2 is 0.684 bits per heavy atom. The molecule has 4 fully saturated rings. The first kappa shape index (κ1) is 34.9. The molecule has 4 N–H and O–H groups in total. The van der Waals surface area contributed by atoms with Gasteiger partial charge in [0.1, 0.15) is 0 Å². The summed E-state index contributed by atoms with van der Waals surface area (Å²) in [6.07, 6.45) is 31.6. The van der Waals surface area contributed by atoms with Gasteiger partial charge in [-0.15, -0.1) is 0 Å². The normalized spacial score (nSPS) is 21.5. The summed E-state index contributed by atoms with van der Waals surface area (Å²) in [4.78, 5) is 19.0. The van der Waals surface area contributed by atoms with Gasteiger partial charge in [0.15, 0.2) is 0 Å². The second kappa shape index (κ2) is 23.7. The number of carboxylic acid groups (broad SMARTS) is 2. The van der Waals surface area contributed by atoms with Crippen molar-refractivity contribution in [2.75, 3.05) is 0 Å². The lowest BCUT2D eigenvalue weighted by Gasteiger charge is -2.27. The van der Waals surface area contributed by atoms with E-state index in [0.29, 0.717) is 12.8 Å². The highest BCUT2D eigenvalue weighted by atomic mass is 16.4. The van der Waals surface area contributed by atoms with E-state index >= 15 is 0 Å². The summed E-state index contributed by atoms with van der Waals surface area (Å²) in [6.45, 7) is 3.60. The number of carboxylic acids is 2. The molecule has 0 unspecified atom stereocenters. The number of rotatable bonds is 8. The summed E-state index contributed by atoms with van der Waals surface area (Å²) in [5, 5.41) is 24.4. The zero-order chi connectivity index (χ0) is 27.8. The summed E-state index contributed by atoms with van der Waals surface area (Å²) in [5.74, 6) is -1.92. The van der Waals surface area contributed by atoms with Gasteiger partial charge in [-0.05, 0) is 116 Å². The van der Waals surface area contributed by atoms with Crippen LogP contribution in [0.3, 0.4) is 0 Å². The Morgan fingerprint density at radius 1 is 0.474 bits per heavy atom. The SMILES string of the molecule is C1CCC([NH2+]C2CCCCC2)CC1.C1CCC([NH2+]C2CCCCC2)CC1.CCCC(=O)[O-].CCCC(=O)[O-]. The van der Waals surface area contributed by atoms with E-state index in [0.717, 1.165) is 24.2 Å². The molecule has 6 heteroatoms. The average Bonchev–Trinajstić information content (AvgIpc) is 2.92. The van der Waals surface area contributed by atoms with Crippen LogP contribution >= 0.6 is 0 Å². The first-order valence-corrected chi connectivity index (χ1v) is 16.5. The summed E-state index contributed by atoms with van der Waals surface area (Å²) in [5.41, 5.74) is 0. The lowest BCUT2D eigenvalue weighted by atomic mass is 9.91. The number of hydrogen-bond acceptors (Lipinski definition) is 4. The van der Waals surface area contributed by atoms with E-state index in [1.165, 1.54) is 128 Å². The van der Waals surface area contributed by atoms with E-state index in [2.05, 4.69) is 10.6 Å². The average molecular weight is 539 g/mol. The van der Waals surface area contributed by atoms with Gasteiger partial charge in [-0.3, -0.25) is 0 Å². The molecule has 0 aromatic rings. The molecule has 0 heterocycles. The second-order valence-electron chi connectivity index (χ2n) is 12.2. The highest BCUT2D eigenvalue weighted by molar-refractivity contribution is 5.64. The molecule has 0 aromatic carbocycles. The van der Waals surface area contributed by atoms with Crippen LogP contribution in [0, 0.1) is 0 Å². The van der Waals surface area contributed by atoms with Gasteiger partial charge in [0.2, 0.25) is 0 Å². The van der Waals surface area contributed by atoms with Crippen molar-refractivity contribution < 1.29 is 30.4 Å². The van der Waals surface area contributed by atoms with Crippen molar-refractivity contribution in [3.63, 3.8) is 0 Å². The van der Waals surface area contributed by atoms with Crippen LogP contribution in [0.2, 0.25) is 0 Å². The molecule has 4 aliphatic carbocycles. The van der Waals surface area contributed by atoms with Gasteiger partial charge >= 0.3 is 0 Å². The maximum Gasteiger partial charge on any atom is 0.0861 e. The van der Waals surface area contributed by atoms with Gasteiger partial charge in [0.25, 0.3) is 0 Å². The first-order valence-electron chi connectivity index (χ1n) is 16.5. The van der Waals surface area contributed by atoms with Crippen molar-refractivity contribution in [3.05, 3.63) is 0 Å². The number of carbonyl (C=O) groups excluding carboxylic acids is 2. The van der Waals surface area contributed by atoms with Crippen LogP contribution in [0.5, 0.6) is 0 Å². The summed E-state index contributed by atoms with van der Waals surface area (Å²) >= 11 is 0. The van der Waals surface area contributed by atoms with Gasteiger partial charge < -0.3 is 30.4 Å². The summed E-state index contributed by atoms with van der Waals surface area (Å²) < 4.78 is 0. The van der Waals surface area contributed by atoms with Crippen molar-refractivity contribution in [2.45, 2.75) is 192 Å². The van der Waals surface area contributed by atoms with Gasteiger partial charge in [0.05, 0.1) is 24.2 Å². The second-order valence-corrected chi connectivity index (χ2v) is 12.2. The molecule has 0 saturated heterocycles. The van der Waals surface area contributed by atoms with Gasteiger partial charge in [-0.25, -0.2) is 0 Å². The van der Waals surface area contributed by atoms with Gasteiger partial charge in [0, 0.05) is 11.9 Å². The minimum Gasteiger partial charge on any atom is -0.550 e. The van der Waals surface area contributed by atoms with E-state index in [-0.39, 0.29) is 12.8 Å². The molecule has 4 aliphatic rings. The lowest BCUT2D eigenvalue weighted by molar-refractivity contribution is -0.726. The lowest BCUT2D eigenvalue weighted by Crippen LogP contribution is -2.95. The topological polar surface area (TPSA) is 113 Å². The Bertz CT molecular complexity index is 480. The zero-order valence-electron chi connectivity index (χ0n) is 25.1. The first-order chi connectivity index (χ1) is 18.4. The molecule has 0 atom stereocenters. The molecule has 4 saturated carbocycles. The van der Waals surface area contributed by atoms with E-state index in [4.69, 9.17) is 0 Å². The standard InChI is InChI=1S/2C12H23N.2C4H8O2/c2*1-3-7-11(8-4-1)13-12-9-5-2-6-10-12;2*1-2-3-4(5)6/h2*11-13H,1-10H2;2*2-3H2,1H3,(H,5,6). The third-order valence-corrected chi connectivity index (χ3v) is 8.60. The van der Waals surface area contributed by atoms with Crippen molar-refractivity contribution in [1.29, 1.82) is 0 Å². The molecule has 0 spiro atoms. The van der Waals surface area contributed by atoms with Crippen LogP contribution in [0.1, 0.15) is 168 Å². The Labute approximate surface area is 234 Å². The van der Waals surface area contributed by atoms with Crippen LogP contribution < -0.4 is 20.8 Å². The van der Waals surface area contributed by atoms with Crippen LogP contribution in [-0.4, -0.2) is 36.1 Å². The van der Waals surface area contributed by atoms with E-state index in [9.17, 15) is 19.8 Å². The molecule has 38 heavy (non-hydrogen) atoms. The fourth-order valence-electron chi connectivity index (χ4n) is 6.48. The molecule has 0 aromatic heterocycles. The molecule has 0 radical (unpaired) electrons. The minimum absolute atomic E-state index is 0.181. The van der Waals surface area contributed by atoms with E-state index in [1.807, 2.05) is 0 Å². The number of aliphatic carboxylic acids is 2. The monoisotopic (exact) mass is 538 g/mol. The van der Waals surface area contributed by atoms with Crippen LogP contribution in [-0.2, 0) is 9.59 Å². The summed E-state index contributed by atoms with van der Waals surface area (Å²) in [7, 11) is 0. The molecule has 0 amide bonds. The quantitative estimate of drug-likeness (QED) is 0.492. The van der Waals surface area contributed by atoms with E-state index in [1.54, 1.807) is 13.8 Å². The maximum absolute atomic E-state index is 9.49. The molecule has 4 rings (SSSR count). The molecule has 0 aliphatic heterocycles. The Balaban J connectivity index is 0.000000272. The molecule has 6 nitrogen and oxygen atoms in total. The van der Waals surface area contributed by atoms with Crippen LogP contribution in [0.4, 0.5) is 0 Å². The van der Waals surface area contributed by atoms with Crippen molar-refractivity contribution in [2.24, 2.45) is 0 Å². The van der Waals surface area contributed by atoms with Crippen molar-refractivity contribution in [1.82, 2.24) is 0 Å². The van der Waals surface area contributed by atoms with Crippen molar-refractivity contribution in [3.8, 4) is 0 Å². The van der Waals surface area contributed by atoms with Crippen molar-refractivity contribution >= 4 is 11.9 Å². The third kappa shape index (κ3) is 19.9. The molecule has 224 valence electrons. The van der Waals surface area contributed by atoms with Crippen LogP contribution in [0.25, 0.3) is 0 Å². The van der Waals surface area contributed by atoms with Crippen LogP contribution in [0.15, 0.2) is 0 Å². The van der Waals surface area contributed by atoms with Gasteiger partial charge in [-0.2, -0.15) is 0 Å². The number of carbonyl (C=O) groups is 2. The Morgan fingerprint density at radius 3 is 0.816 bits per heavy atom. The maximum atomic E-state index is 9.49. The summed E-state index contributed by atoms with van der Waals surface area (Å²) in [6, 6.07) is 3.99. The molecular formula is C32H62N2O4. The zero-order valence-corrected chi connectivity index (χ0v) is 25.1. The smallest absolute Gasteiger partial charge is 0.0861 e. The predicted molar refractivity (Wildman–Crippen MR) is 151 cm³/mol. The third-order valence-electron chi connectivity index (χ3n) is 8.60. The fourth-order valence-corrected chi connectivity index (χ4v) is 6.48. The minimum atomic E-state index is -0.961. The highest BCUT2D eigenvalue weighted by Gasteiger charge is 2.23. The molecule has 0 bridgehead atoms. The predicted octanol–water partition coefficient (Wildman–Crippen LogP) is 3.50. The number of nitrogens with two attached hydrogens (primary N) is 2. The number of hydrogen-bond donors (Lipinski definition) is 2.